The minimum Gasteiger partial charge on any atom is -0.468 e. The van der Waals surface area contributed by atoms with Crippen molar-refractivity contribution in [2.45, 2.75) is 29.7 Å². The van der Waals surface area contributed by atoms with Crippen LogP contribution in [-0.2, 0) is 11.0 Å². The molecule has 2 atom stereocenters. The molecule has 0 aliphatic rings. The average molecular weight is 388 g/mol. The highest BCUT2D eigenvalue weighted by atomic mass is 35.6. The Hall–Kier alpha value is -0.370. The summed E-state index contributed by atoms with van der Waals surface area (Å²) in [4.78, 5) is 0. The van der Waals surface area contributed by atoms with Gasteiger partial charge in [-0.3, -0.25) is 0 Å². The van der Waals surface area contributed by atoms with Crippen molar-refractivity contribution in [1.29, 1.82) is 5.26 Å². The fourth-order valence-electron chi connectivity index (χ4n) is 1.52. The first-order valence-corrected chi connectivity index (χ1v) is 9.24. The molecule has 21 heavy (non-hydrogen) atoms. The summed E-state index contributed by atoms with van der Waals surface area (Å²) in [5, 5.41) is 9.24. The summed E-state index contributed by atoms with van der Waals surface area (Å²) in [6, 6.07) is 6.70. The van der Waals surface area contributed by atoms with E-state index in [0.717, 1.165) is 0 Å². The van der Waals surface area contributed by atoms with Crippen LogP contribution in [0.5, 0.6) is 11.5 Å². The van der Waals surface area contributed by atoms with Gasteiger partial charge in [-0.05, 0) is 30.0 Å². The second kappa shape index (κ2) is 7.26. The zero-order valence-electron chi connectivity index (χ0n) is 11.1. The predicted molar refractivity (Wildman–Crippen MR) is 88.0 cm³/mol. The van der Waals surface area contributed by atoms with Crippen LogP contribution in [0.2, 0.25) is 0 Å². The van der Waals surface area contributed by atoms with Gasteiger partial charge >= 0.3 is 7.23 Å². The van der Waals surface area contributed by atoms with Crippen LogP contribution < -0.4 is 9.26 Å². The summed E-state index contributed by atoms with van der Waals surface area (Å²) in [5.41, 5.74) is -1.09. The predicted octanol–water partition coefficient (Wildman–Crippen LogP) is 5.25. The standard InChI is InChI=1S/C12H11Cl3NO3PS/c1-3-8-9(5-4-6-10(8)19-20(17)21)18-11(2,7-16)12(13,14)15/h4-6H,3H2,1-2H3/p+1. The van der Waals surface area contributed by atoms with Gasteiger partial charge in [-0.25, -0.2) is 4.52 Å². The van der Waals surface area contributed by atoms with E-state index < -0.39 is 16.6 Å². The maximum Gasteiger partial charge on any atom is 0.631 e. The zero-order valence-corrected chi connectivity index (χ0v) is 15.2. The maximum absolute atomic E-state index is 11.1. The third-order valence-corrected chi connectivity index (χ3v) is 4.37. The molecule has 114 valence electrons. The molecule has 1 aromatic rings. The van der Waals surface area contributed by atoms with Crippen LogP contribution in [0.3, 0.4) is 0 Å². The van der Waals surface area contributed by atoms with Crippen LogP contribution in [0.15, 0.2) is 18.2 Å². The van der Waals surface area contributed by atoms with Gasteiger partial charge in [-0.1, -0.05) is 47.8 Å². The van der Waals surface area contributed by atoms with Gasteiger partial charge < -0.3 is 4.74 Å². The number of thiol groups is 1. The molecular weight excluding hydrogens is 376 g/mol. The van der Waals surface area contributed by atoms with Crippen molar-refractivity contribution in [2.24, 2.45) is 0 Å². The van der Waals surface area contributed by atoms with Gasteiger partial charge in [0.25, 0.3) is 0 Å². The van der Waals surface area contributed by atoms with Crippen molar-refractivity contribution in [3.8, 4) is 17.6 Å². The highest BCUT2D eigenvalue weighted by Crippen LogP contribution is 2.43. The molecule has 1 rings (SSSR count). The summed E-state index contributed by atoms with van der Waals surface area (Å²) in [5.74, 6) is 0.659. The molecule has 0 aliphatic heterocycles. The molecule has 0 N–H and O–H groups in total. The Morgan fingerprint density at radius 1 is 1.38 bits per heavy atom. The van der Waals surface area contributed by atoms with E-state index in [-0.39, 0.29) is 0 Å². The topological polar surface area (TPSA) is 59.3 Å². The van der Waals surface area contributed by atoms with Crippen molar-refractivity contribution < 1.29 is 13.8 Å². The Kier molecular flexibility index (Phi) is 6.46. The molecule has 0 bridgehead atoms. The Bertz CT molecular complexity index is 588. The van der Waals surface area contributed by atoms with Crippen molar-refractivity contribution in [1.82, 2.24) is 0 Å². The van der Waals surface area contributed by atoms with Crippen LogP contribution in [0.4, 0.5) is 0 Å². The summed E-state index contributed by atoms with van der Waals surface area (Å²) < 4.78 is 19.9. The Labute approximate surface area is 144 Å². The smallest absolute Gasteiger partial charge is 0.468 e. The van der Waals surface area contributed by atoms with E-state index in [1.54, 1.807) is 18.2 Å². The van der Waals surface area contributed by atoms with E-state index in [2.05, 4.69) is 12.2 Å². The minimum absolute atomic E-state index is 0.315. The molecule has 0 saturated heterocycles. The number of alkyl halides is 3. The summed E-state index contributed by atoms with van der Waals surface area (Å²) in [6.45, 7) is 3.21. The van der Waals surface area contributed by atoms with Crippen LogP contribution in [0, 0.1) is 11.3 Å². The monoisotopic (exact) mass is 386 g/mol. The highest BCUT2D eigenvalue weighted by molar-refractivity contribution is 8.39. The van der Waals surface area contributed by atoms with Crippen molar-refractivity contribution in [3.05, 3.63) is 23.8 Å². The Balaban J connectivity index is 3.26. The number of rotatable bonds is 5. The summed E-state index contributed by atoms with van der Waals surface area (Å²) >= 11 is 21.1. The molecule has 0 aromatic heterocycles. The molecule has 9 heteroatoms. The van der Waals surface area contributed by atoms with Crippen LogP contribution in [0.25, 0.3) is 0 Å². The van der Waals surface area contributed by atoms with Gasteiger partial charge in [0, 0.05) is 5.56 Å². The summed E-state index contributed by atoms with van der Waals surface area (Å²) in [7, 11) is -2.12. The second-order valence-corrected chi connectivity index (χ2v) is 8.08. The van der Waals surface area contributed by atoms with Gasteiger partial charge in [0.2, 0.25) is 9.39 Å². The zero-order chi connectivity index (χ0) is 16.3. The lowest BCUT2D eigenvalue weighted by atomic mass is 10.1. The van der Waals surface area contributed by atoms with Crippen LogP contribution >= 0.6 is 54.3 Å². The van der Waals surface area contributed by atoms with E-state index in [9.17, 15) is 9.83 Å². The quantitative estimate of drug-likeness (QED) is 0.426. The number of hydrogen-bond donors (Lipinski definition) is 1. The highest BCUT2D eigenvalue weighted by Gasteiger charge is 2.48. The number of nitriles is 1. The molecule has 0 fully saturated rings. The molecule has 0 amide bonds. The largest absolute Gasteiger partial charge is 0.631 e. The first-order valence-electron chi connectivity index (χ1n) is 5.77. The number of nitrogens with zero attached hydrogens (tertiary/aromatic N) is 1. The Morgan fingerprint density at radius 3 is 2.38 bits per heavy atom. The molecule has 0 heterocycles. The lowest BCUT2D eigenvalue weighted by Gasteiger charge is -2.30. The lowest BCUT2D eigenvalue weighted by Crippen LogP contribution is -2.44. The normalized spacial score (nSPS) is 14.8. The Morgan fingerprint density at radius 2 is 1.95 bits per heavy atom. The molecule has 0 aliphatic carbocycles. The van der Waals surface area contributed by atoms with Crippen molar-refractivity contribution >= 4 is 54.3 Å². The van der Waals surface area contributed by atoms with E-state index in [1.165, 1.54) is 6.92 Å². The summed E-state index contributed by atoms with van der Waals surface area (Å²) in [6.07, 6.45) is 0.504. The van der Waals surface area contributed by atoms with E-state index in [1.807, 2.05) is 13.0 Å². The number of halogens is 3. The lowest BCUT2D eigenvalue weighted by molar-refractivity contribution is 0.151. The molecule has 4 nitrogen and oxygen atoms in total. The SMILES string of the molecule is CCc1c(O[P+](=O)S)cccc1OC(C)(C#N)C(Cl)(Cl)Cl. The molecule has 2 unspecified atom stereocenters. The number of benzene rings is 1. The van der Waals surface area contributed by atoms with Crippen molar-refractivity contribution in [3.63, 3.8) is 0 Å². The van der Waals surface area contributed by atoms with E-state index in [0.29, 0.717) is 23.5 Å². The fraction of sp³-hybridized carbons (Fsp3) is 0.417. The number of hydrogen-bond acceptors (Lipinski definition) is 4. The van der Waals surface area contributed by atoms with Crippen LogP contribution in [0.1, 0.15) is 19.4 Å². The maximum atomic E-state index is 11.1. The first kappa shape index (κ1) is 18.7. The average Bonchev–Trinajstić information content (AvgIpc) is 2.37. The fourth-order valence-corrected chi connectivity index (χ4v) is 2.37. The van der Waals surface area contributed by atoms with E-state index in [4.69, 9.17) is 44.1 Å². The molecule has 0 spiro atoms. The minimum atomic E-state index is -2.12. The second-order valence-electron chi connectivity index (χ2n) is 4.16. The molecule has 1 aromatic carbocycles. The van der Waals surface area contributed by atoms with Gasteiger partial charge in [0.05, 0.1) is 0 Å². The van der Waals surface area contributed by atoms with Gasteiger partial charge in [-0.2, -0.15) is 5.26 Å². The van der Waals surface area contributed by atoms with Gasteiger partial charge in [0.1, 0.15) is 11.8 Å². The molecular formula is C12H12Cl3NO3PS+. The van der Waals surface area contributed by atoms with Crippen LogP contribution in [-0.4, -0.2) is 9.39 Å². The van der Waals surface area contributed by atoms with Crippen molar-refractivity contribution in [2.75, 3.05) is 0 Å². The van der Waals surface area contributed by atoms with Gasteiger partial charge in [-0.15, -0.1) is 0 Å². The third kappa shape index (κ3) is 4.55. The third-order valence-electron chi connectivity index (χ3n) is 2.69. The molecule has 0 radical (unpaired) electrons. The molecule has 0 saturated carbocycles. The number of ether oxygens (including phenoxy) is 1. The first-order chi connectivity index (χ1) is 9.64. The van der Waals surface area contributed by atoms with E-state index >= 15 is 0 Å². The van der Waals surface area contributed by atoms with Gasteiger partial charge in [0.15, 0.2) is 18.0 Å².